The lowest BCUT2D eigenvalue weighted by Gasteiger charge is -2.14. The Labute approximate surface area is 121 Å². The molecule has 0 aliphatic carbocycles. The van der Waals surface area contributed by atoms with Crippen molar-refractivity contribution in [2.75, 3.05) is 6.54 Å². The molecular formula is C16H15F2NO2. The highest BCUT2D eigenvalue weighted by atomic mass is 19.1. The summed E-state index contributed by atoms with van der Waals surface area (Å²) >= 11 is 0. The third-order valence-electron chi connectivity index (χ3n) is 3.07. The summed E-state index contributed by atoms with van der Waals surface area (Å²) in [4.78, 5) is 12.0. The van der Waals surface area contributed by atoms with Gasteiger partial charge < -0.3 is 10.5 Å². The third kappa shape index (κ3) is 4.10. The Balaban J connectivity index is 2.02. The molecule has 0 saturated heterocycles. The lowest BCUT2D eigenvalue weighted by atomic mass is 9.99. The Hall–Kier alpha value is -2.27. The number of nitrogens with two attached hydrogens (primary N) is 1. The van der Waals surface area contributed by atoms with Gasteiger partial charge in [-0.25, -0.2) is 8.78 Å². The van der Waals surface area contributed by atoms with E-state index in [1.54, 1.807) is 6.07 Å². The van der Waals surface area contributed by atoms with Crippen LogP contribution in [0.25, 0.3) is 0 Å². The maximum absolute atomic E-state index is 13.2. The van der Waals surface area contributed by atoms with Crippen molar-refractivity contribution in [3.05, 3.63) is 71.3 Å². The maximum atomic E-state index is 13.2. The molecule has 2 aromatic carbocycles. The molecule has 0 aromatic heterocycles. The molecule has 0 heterocycles. The average Bonchev–Trinajstić information content (AvgIpc) is 2.47. The monoisotopic (exact) mass is 291 g/mol. The highest BCUT2D eigenvalue weighted by Crippen LogP contribution is 2.18. The molecule has 2 aromatic rings. The minimum Gasteiger partial charge on any atom is -0.460 e. The smallest absolute Gasteiger partial charge is 0.315 e. The topological polar surface area (TPSA) is 52.3 Å². The van der Waals surface area contributed by atoms with Crippen molar-refractivity contribution in [1.29, 1.82) is 0 Å². The Morgan fingerprint density at radius 2 is 1.81 bits per heavy atom. The third-order valence-corrected chi connectivity index (χ3v) is 3.07. The summed E-state index contributed by atoms with van der Waals surface area (Å²) in [6, 6.07) is 11.3. The molecule has 0 saturated carbocycles. The summed E-state index contributed by atoms with van der Waals surface area (Å²) in [5.41, 5.74) is 6.71. The SMILES string of the molecule is NCC(C(=O)OCc1ccc(F)cc1)c1cccc(F)c1. The van der Waals surface area contributed by atoms with Crippen molar-refractivity contribution in [1.82, 2.24) is 0 Å². The van der Waals surface area contributed by atoms with E-state index >= 15 is 0 Å². The molecule has 1 atom stereocenters. The quantitative estimate of drug-likeness (QED) is 0.862. The maximum Gasteiger partial charge on any atom is 0.315 e. The van der Waals surface area contributed by atoms with Crippen LogP contribution in [0.15, 0.2) is 48.5 Å². The summed E-state index contributed by atoms with van der Waals surface area (Å²) in [5.74, 6) is -2.05. The van der Waals surface area contributed by atoms with Crippen LogP contribution in [0.3, 0.4) is 0 Å². The van der Waals surface area contributed by atoms with E-state index in [1.165, 1.54) is 42.5 Å². The Morgan fingerprint density at radius 1 is 1.10 bits per heavy atom. The fourth-order valence-corrected chi connectivity index (χ4v) is 1.93. The second kappa shape index (κ2) is 6.95. The molecule has 21 heavy (non-hydrogen) atoms. The van der Waals surface area contributed by atoms with Crippen LogP contribution in [0, 0.1) is 11.6 Å². The average molecular weight is 291 g/mol. The Kier molecular flexibility index (Phi) is 5.00. The zero-order valence-corrected chi connectivity index (χ0v) is 11.3. The number of ether oxygens (including phenoxy) is 1. The zero-order valence-electron chi connectivity index (χ0n) is 11.3. The second-order valence-corrected chi connectivity index (χ2v) is 4.58. The van der Waals surface area contributed by atoms with Crippen LogP contribution in [0.1, 0.15) is 17.0 Å². The van der Waals surface area contributed by atoms with Crippen molar-refractivity contribution in [3.8, 4) is 0 Å². The van der Waals surface area contributed by atoms with Gasteiger partial charge in [0.25, 0.3) is 0 Å². The molecular weight excluding hydrogens is 276 g/mol. The largest absolute Gasteiger partial charge is 0.460 e. The van der Waals surface area contributed by atoms with E-state index in [0.717, 1.165) is 0 Å². The van der Waals surface area contributed by atoms with E-state index in [2.05, 4.69) is 0 Å². The van der Waals surface area contributed by atoms with Gasteiger partial charge in [-0.15, -0.1) is 0 Å². The summed E-state index contributed by atoms with van der Waals surface area (Å²) in [6.45, 7) is 0.0383. The summed E-state index contributed by atoms with van der Waals surface area (Å²) in [7, 11) is 0. The van der Waals surface area contributed by atoms with E-state index in [-0.39, 0.29) is 19.0 Å². The van der Waals surface area contributed by atoms with Crippen molar-refractivity contribution >= 4 is 5.97 Å². The van der Waals surface area contributed by atoms with Gasteiger partial charge in [0.15, 0.2) is 0 Å². The van der Waals surface area contributed by atoms with Gasteiger partial charge in [0, 0.05) is 6.54 Å². The number of halogens is 2. The minimum absolute atomic E-state index is 0.0188. The summed E-state index contributed by atoms with van der Waals surface area (Å²) < 4.78 is 31.1. The van der Waals surface area contributed by atoms with Gasteiger partial charge in [0.2, 0.25) is 0 Å². The molecule has 110 valence electrons. The van der Waals surface area contributed by atoms with Gasteiger partial charge >= 0.3 is 5.97 Å². The van der Waals surface area contributed by atoms with Crippen LogP contribution in [0.5, 0.6) is 0 Å². The highest BCUT2D eigenvalue weighted by molar-refractivity contribution is 5.78. The molecule has 0 aliphatic heterocycles. The molecule has 0 radical (unpaired) electrons. The van der Waals surface area contributed by atoms with Crippen LogP contribution in [-0.2, 0) is 16.1 Å². The first-order valence-corrected chi connectivity index (χ1v) is 6.47. The first-order chi connectivity index (χ1) is 10.1. The Morgan fingerprint density at radius 3 is 2.43 bits per heavy atom. The number of carbonyl (C=O) groups is 1. The van der Waals surface area contributed by atoms with Gasteiger partial charge in [0.1, 0.15) is 18.2 Å². The molecule has 0 spiro atoms. The van der Waals surface area contributed by atoms with Crippen LogP contribution in [-0.4, -0.2) is 12.5 Å². The second-order valence-electron chi connectivity index (χ2n) is 4.58. The zero-order chi connectivity index (χ0) is 15.2. The van der Waals surface area contributed by atoms with Crippen molar-refractivity contribution in [2.24, 2.45) is 5.73 Å². The molecule has 2 N–H and O–H groups in total. The number of hydrogen-bond donors (Lipinski definition) is 1. The predicted molar refractivity (Wildman–Crippen MR) is 74.4 cm³/mol. The van der Waals surface area contributed by atoms with Gasteiger partial charge in [-0.3, -0.25) is 4.79 Å². The van der Waals surface area contributed by atoms with Crippen molar-refractivity contribution in [3.63, 3.8) is 0 Å². The van der Waals surface area contributed by atoms with Crippen LogP contribution in [0.2, 0.25) is 0 Å². The van der Waals surface area contributed by atoms with E-state index in [4.69, 9.17) is 10.5 Å². The number of benzene rings is 2. The first-order valence-electron chi connectivity index (χ1n) is 6.47. The van der Waals surface area contributed by atoms with Gasteiger partial charge in [-0.2, -0.15) is 0 Å². The predicted octanol–water partition coefficient (Wildman–Crippen LogP) is 2.75. The lowest BCUT2D eigenvalue weighted by Crippen LogP contribution is -2.23. The van der Waals surface area contributed by atoms with E-state index in [0.29, 0.717) is 11.1 Å². The van der Waals surface area contributed by atoms with Crippen LogP contribution >= 0.6 is 0 Å². The highest BCUT2D eigenvalue weighted by Gasteiger charge is 2.21. The summed E-state index contributed by atoms with van der Waals surface area (Å²) in [6.07, 6.45) is 0. The van der Waals surface area contributed by atoms with Gasteiger partial charge in [-0.05, 0) is 35.4 Å². The van der Waals surface area contributed by atoms with E-state index in [1.807, 2.05) is 0 Å². The van der Waals surface area contributed by atoms with Crippen molar-refractivity contribution < 1.29 is 18.3 Å². The molecule has 5 heteroatoms. The standard InChI is InChI=1S/C16H15F2NO2/c17-13-6-4-11(5-7-13)10-21-16(20)15(9-19)12-2-1-3-14(18)8-12/h1-8,15H,9-10,19H2. The van der Waals surface area contributed by atoms with Crippen LogP contribution < -0.4 is 5.73 Å². The Bertz CT molecular complexity index is 614. The normalized spacial score (nSPS) is 12.0. The molecule has 0 amide bonds. The van der Waals surface area contributed by atoms with Gasteiger partial charge in [0.05, 0.1) is 5.92 Å². The minimum atomic E-state index is -0.721. The molecule has 2 rings (SSSR count). The molecule has 0 bridgehead atoms. The number of esters is 1. The first kappa shape index (κ1) is 15.1. The number of hydrogen-bond acceptors (Lipinski definition) is 3. The van der Waals surface area contributed by atoms with E-state index in [9.17, 15) is 13.6 Å². The molecule has 1 unspecified atom stereocenters. The fourth-order valence-electron chi connectivity index (χ4n) is 1.93. The molecule has 3 nitrogen and oxygen atoms in total. The lowest BCUT2D eigenvalue weighted by molar-refractivity contribution is -0.146. The fraction of sp³-hybridized carbons (Fsp3) is 0.188. The summed E-state index contributed by atoms with van der Waals surface area (Å²) in [5, 5.41) is 0. The van der Waals surface area contributed by atoms with E-state index < -0.39 is 17.7 Å². The number of carbonyl (C=O) groups excluding carboxylic acids is 1. The molecule has 0 fully saturated rings. The van der Waals surface area contributed by atoms with Crippen molar-refractivity contribution in [2.45, 2.75) is 12.5 Å². The van der Waals surface area contributed by atoms with Gasteiger partial charge in [-0.1, -0.05) is 24.3 Å². The molecule has 0 aliphatic rings. The van der Waals surface area contributed by atoms with Crippen LogP contribution in [0.4, 0.5) is 8.78 Å². The number of rotatable bonds is 5.